The highest BCUT2D eigenvalue weighted by atomic mass is 16.6. The Hall–Kier alpha value is -2.21. The molecule has 0 bridgehead atoms. The number of nitrogens with zero attached hydrogens (tertiary/aromatic N) is 2. The standard InChI is InChI=1S/C6H11NO3.C4H5O.C2H5NO2/c1-5(7(9)10)3-4-6(2)8;1-3-4(2)5;1-2-3(4)5/h5H,3-4H2,1-2H3;1,3H,2H3;2H2,1H3/q;+1;. The fraction of sp³-hybridized carbons (Fsp3) is 0.667. The Labute approximate surface area is 118 Å². The van der Waals surface area contributed by atoms with Gasteiger partial charge in [-0.1, -0.05) is 0 Å². The van der Waals surface area contributed by atoms with Gasteiger partial charge in [0.05, 0.1) is 13.5 Å². The van der Waals surface area contributed by atoms with E-state index in [0.717, 1.165) is 6.08 Å². The molecule has 1 unspecified atom stereocenters. The molecule has 0 aliphatic carbocycles. The molecule has 0 aliphatic rings. The maximum Gasteiger partial charge on any atom is 0.298 e. The first-order valence-corrected chi connectivity index (χ1v) is 5.88. The number of carbonyl (C=O) groups is 2. The Morgan fingerprint density at radius 3 is 1.75 bits per heavy atom. The van der Waals surface area contributed by atoms with E-state index in [1.807, 2.05) is 0 Å². The second kappa shape index (κ2) is 14.8. The second-order valence-corrected chi connectivity index (χ2v) is 3.80. The SMILES string of the molecule is CC(=O)CCC(C)[N+](=O)[O-].CC[N+](=O)[O-].[CH+]=CC(C)=O. The number of carbonyl (C=O) groups excluding carboxylic acids is 2. The number of ketones is 2. The van der Waals surface area contributed by atoms with Crippen LogP contribution in [0.4, 0.5) is 0 Å². The third kappa shape index (κ3) is 29.7. The van der Waals surface area contributed by atoms with Crippen molar-refractivity contribution < 1.29 is 19.4 Å². The summed E-state index contributed by atoms with van der Waals surface area (Å²) >= 11 is 0. The molecule has 0 spiro atoms. The molecule has 0 aromatic heterocycles. The van der Waals surface area contributed by atoms with Gasteiger partial charge in [-0.3, -0.25) is 20.2 Å². The number of nitro groups is 2. The van der Waals surface area contributed by atoms with Crippen LogP contribution >= 0.6 is 0 Å². The fourth-order valence-electron chi connectivity index (χ4n) is 0.518. The Balaban J connectivity index is -0.000000244. The van der Waals surface area contributed by atoms with Gasteiger partial charge in [-0.25, -0.2) is 0 Å². The summed E-state index contributed by atoms with van der Waals surface area (Å²) in [6.45, 7) is 10.6. The normalized spacial score (nSPS) is 9.75. The molecule has 0 N–H and O–H groups in total. The largest absolute Gasteiger partial charge is 0.300 e. The summed E-state index contributed by atoms with van der Waals surface area (Å²) < 4.78 is 0. The molecule has 0 saturated heterocycles. The van der Waals surface area contributed by atoms with Gasteiger partial charge in [0.2, 0.25) is 12.6 Å². The molecular weight excluding hydrogens is 268 g/mol. The molecule has 0 aromatic carbocycles. The van der Waals surface area contributed by atoms with Gasteiger partial charge < -0.3 is 4.79 Å². The van der Waals surface area contributed by atoms with Crippen molar-refractivity contribution in [3.05, 3.63) is 32.9 Å². The molecule has 8 nitrogen and oxygen atoms in total. The number of hydrogen-bond acceptors (Lipinski definition) is 6. The Morgan fingerprint density at radius 1 is 1.25 bits per heavy atom. The molecule has 0 aromatic rings. The Kier molecular flexibility index (Phi) is 17.0. The molecule has 0 radical (unpaired) electrons. The topological polar surface area (TPSA) is 120 Å². The first kappa shape index (κ1) is 22.9. The van der Waals surface area contributed by atoms with Crippen LogP contribution in [0.15, 0.2) is 6.08 Å². The minimum Gasteiger partial charge on any atom is -0.300 e. The van der Waals surface area contributed by atoms with Crippen molar-refractivity contribution >= 4 is 11.6 Å². The monoisotopic (exact) mass is 289 g/mol. The van der Waals surface area contributed by atoms with Crippen molar-refractivity contribution in [1.82, 2.24) is 0 Å². The molecule has 0 amide bonds. The van der Waals surface area contributed by atoms with E-state index in [0.29, 0.717) is 12.8 Å². The van der Waals surface area contributed by atoms with Crippen LogP contribution in [0.3, 0.4) is 0 Å². The zero-order chi connectivity index (χ0) is 16.7. The number of rotatable bonds is 6. The lowest BCUT2D eigenvalue weighted by Crippen LogP contribution is -2.15. The van der Waals surface area contributed by atoms with Crippen molar-refractivity contribution in [3.63, 3.8) is 0 Å². The first-order valence-electron chi connectivity index (χ1n) is 5.88. The van der Waals surface area contributed by atoms with Crippen molar-refractivity contribution in [2.45, 2.75) is 46.6 Å². The van der Waals surface area contributed by atoms with Crippen LogP contribution in [0, 0.1) is 26.8 Å². The van der Waals surface area contributed by atoms with E-state index in [1.165, 1.54) is 27.7 Å². The second-order valence-electron chi connectivity index (χ2n) is 3.80. The number of Topliss-reactive ketones (excluding diaryl/α,β-unsaturated/α-hetero) is 1. The maximum absolute atomic E-state index is 10.3. The summed E-state index contributed by atoms with van der Waals surface area (Å²) in [5, 5.41) is 19.2. The van der Waals surface area contributed by atoms with E-state index in [1.54, 1.807) is 0 Å². The fourth-order valence-corrected chi connectivity index (χ4v) is 0.518. The van der Waals surface area contributed by atoms with Crippen LogP contribution in [-0.2, 0) is 9.59 Å². The first-order chi connectivity index (χ1) is 9.08. The third-order valence-electron chi connectivity index (χ3n) is 1.77. The van der Waals surface area contributed by atoms with E-state index < -0.39 is 6.04 Å². The highest BCUT2D eigenvalue weighted by Gasteiger charge is 2.12. The van der Waals surface area contributed by atoms with Crippen molar-refractivity contribution in [2.75, 3.05) is 6.54 Å². The summed E-state index contributed by atoms with van der Waals surface area (Å²) in [5.41, 5.74) is 0. The molecule has 20 heavy (non-hydrogen) atoms. The summed E-state index contributed by atoms with van der Waals surface area (Å²) in [6.07, 6.45) is 1.68. The molecule has 8 heteroatoms. The van der Waals surface area contributed by atoms with E-state index >= 15 is 0 Å². The lowest BCUT2D eigenvalue weighted by Gasteiger charge is -1.99. The van der Waals surface area contributed by atoms with Gasteiger partial charge in [-0.05, 0) is 6.92 Å². The van der Waals surface area contributed by atoms with Gasteiger partial charge in [-0.2, -0.15) is 4.79 Å². The molecule has 0 saturated carbocycles. The minimum absolute atomic E-state index is 0.00806. The van der Waals surface area contributed by atoms with Crippen molar-refractivity contribution in [2.24, 2.45) is 0 Å². The van der Waals surface area contributed by atoms with Crippen molar-refractivity contribution in [1.29, 1.82) is 0 Å². The van der Waals surface area contributed by atoms with E-state index in [9.17, 15) is 29.8 Å². The molecule has 0 fully saturated rings. The summed E-state index contributed by atoms with van der Waals surface area (Å²) in [6, 6.07) is -0.594. The van der Waals surface area contributed by atoms with E-state index in [2.05, 4.69) is 0 Å². The molecule has 0 rings (SSSR count). The zero-order valence-electron chi connectivity index (χ0n) is 12.2. The van der Waals surface area contributed by atoms with Gasteiger partial charge >= 0.3 is 0 Å². The van der Waals surface area contributed by atoms with Crippen molar-refractivity contribution in [3.8, 4) is 0 Å². The van der Waals surface area contributed by atoms with E-state index in [-0.39, 0.29) is 28.0 Å². The lowest BCUT2D eigenvalue weighted by atomic mass is 10.1. The smallest absolute Gasteiger partial charge is 0.298 e. The van der Waals surface area contributed by atoms with Crippen LogP contribution < -0.4 is 0 Å². The van der Waals surface area contributed by atoms with Crippen LogP contribution in [0.5, 0.6) is 0 Å². The van der Waals surface area contributed by atoms with Crippen LogP contribution in [-0.4, -0.2) is 34.0 Å². The average molecular weight is 289 g/mol. The highest BCUT2D eigenvalue weighted by molar-refractivity contribution is 5.86. The van der Waals surface area contributed by atoms with Crippen LogP contribution in [0.2, 0.25) is 0 Å². The Morgan fingerprint density at radius 2 is 1.60 bits per heavy atom. The average Bonchev–Trinajstić information content (AvgIpc) is 2.36. The van der Waals surface area contributed by atoms with Gasteiger partial charge in [0.25, 0.3) is 5.78 Å². The van der Waals surface area contributed by atoms with Crippen LogP contribution in [0.25, 0.3) is 0 Å². The minimum atomic E-state index is -0.594. The molecule has 114 valence electrons. The molecular formula is C12H21N2O6+. The quantitative estimate of drug-likeness (QED) is 0.318. The maximum atomic E-state index is 10.3. The van der Waals surface area contributed by atoms with E-state index in [4.69, 9.17) is 6.58 Å². The molecule has 1 atom stereocenters. The lowest BCUT2D eigenvalue weighted by molar-refractivity contribution is -0.518. The summed E-state index contributed by atoms with van der Waals surface area (Å²) in [4.78, 5) is 38.4. The Bertz CT molecular complexity index is 341. The zero-order valence-corrected chi connectivity index (χ0v) is 12.2. The van der Waals surface area contributed by atoms with Crippen LogP contribution in [0.1, 0.15) is 40.5 Å². The summed E-state index contributed by atoms with van der Waals surface area (Å²) in [5.74, 6) is -0.0845. The van der Waals surface area contributed by atoms with Gasteiger partial charge in [0, 0.05) is 36.5 Å². The van der Waals surface area contributed by atoms with Gasteiger partial charge in [-0.15, -0.1) is 0 Å². The number of allylic oxidation sites excluding steroid dienone is 1. The summed E-state index contributed by atoms with van der Waals surface area (Å²) in [7, 11) is 0. The molecule has 0 aliphatic heterocycles. The third-order valence-corrected chi connectivity index (χ3v) is 1.77. The van der Waals surface area contributed by atoms with Gasteiger partial charge in [0.15, 0.2) is 6.08 Å². The molecule has 0 heterocycles. The predicted octanol–water partition coefficient (Wildman–Crippen LogP) is 1.87. The van der Waals surface area contributed by atoms with Gasteiger partial charge in [0.1, 0.15) is 5.78 Å². The highest BCUT2D eigenvalue weighted by Crippen LogP contribution is 1.99. The number of hydrogen-bond donors (Lipinski definition) is 0. The predicted molar refractivity (Wildman–Crippen MR) is 73.5 cm³/mol.